The highest BCUT2D eigenvalue weighted by Crippen LogP contribution is 2.36. The Labute approximate surface area is 157 Å². The Balaban J connectivity index is 1.73. The first kappa shape index (κ1) is 17.2. The van der Waals surface area contributed by atoms with Gasteiger partial charge in [0.15, 0.2) is 5.65 Å². The van der Waals surface area contributed by atoms with Gasteiger partial charge in [-0.3, -0.25) is 4.79 Å². The van der Waals surface area contributed by atoms with Crippen molar-refractivity contribution in [1.29, 1.82) is 0 Å². The van der Waals surface area contributed by atoms with Gasteiger partial charge in [-0.05, 0) is 56.7 Å². The third-order valence-electron chi connectivity index (χ3n) is 5.22. The summed E-state index contributed by atoms with van der Waals surface area (Å²) >= 11 is 1.80. The van der Waals surface area contributed by atoms with Crippen LogP contribution in [0.5, 0.6) is 0 Å². The molecule has 1 aliphatic rings. The maximum absolute atomic E-state index is 13.4. The molecule has 26 heavy (non-hydrogen) atoms. The number of fused-ring (bicyclic) bond motifs is 2. The molecule has 6 heteroatoms. The summed E-state index contributed by atoms with van der Waals surface area (Å²) in [6, 6.07) is 4.53. The molecule has 1 aliphatic heterocycles. The average Bonchev–Trinajstić information content (AvgIpc) is 3.25. The van der Waals surface area contributed by atoms with Gasteiger partial charge in [0.25, 0.3) is 5.91 Å². The monoisotopic (exact) mass is 368 g/mol. The van der Waals surface area contributed by atoms with E-state index >= 15 is 0 Å². The molecule has 0 bridgehead atoms. The van der Waals surface area contributed by atoms with Crippen molar-refractivity contribution in [3.05, 3.63) is 45.4 Å². The minimum atomic E-state index is 0.0814. The molecule has 0 spiro atoms. The summed E-state index contributed by atoms with van der Waals surface area (Å²) in [7, 11) is 0. The highest BCUT2D eigenvalue weighted by Gasteiger charge is 2.32. The molecule has 3 aromatic heterocycles. The van der Waals surface area contributed by atoms with Gasteiger partial charge in [0.05, 0.1) is 23.5 Å². The van der Waals surface area contributed by atoms with Crippen LogP contribution in [0.4, 0.5) is 0 Å². The van der Waals surface area contributed by atoms with Gasteiger partial charge >= 0.3 is 0 Å². The molecule has 5 nitrogen and oxygen atoms in total. The summed E-state index contributed by atoms with van der Waals surface area (Å²) in [5.74, 6) is 0.0814. The normalized spacial score (nSPS) is 17.1. The molecule has 0 N–H and O–H groups in total. The summed E-state index contributed by atoms with van der Waals surface area (Å²) in [5.41, 5.74) is 3.63. The van der Waals surface area contributed by atoms with E-state index in [2.05, 4.69) is 37.3 Å². The summed E-state index contributed by atoms with van der Waals surface area (Å²) in [6.45, 7) is 9.01. The number of carbonyl (C=O) groups excluding carboxylic acids is 1. The standard InChI is InChI=1S/C20H24N4OS/c1-5-17-15-7-9-26-18(15)6-8-23(17)20(25)16-10-14-11-21-24(12(2)3)19(14)22-13(16)4/h7,9-12,17H,5-6,8H2,1-4H3. The second kappa shape index (κ2) is 6.50. The quantitative estimate of drug-likeness (QED) is 0.682. The Morgan fingerprint density at radius 1 is 1.42 bits per heavy atom. The Hall–Kier alpha value is -2.21. The third-order valence-corrected chi connectivity index (χ3v) is 6.22. The number of thiophene rings is 1. The lowest BCUT2D eigenvalue weighted by molar-refractivity contribution is 0.0656. The van der Waals surface area contributed by atoms with Crippen molar-refractivity contribution in [3.8, 4) is 0 Å². The van der Waals surface area contributed by atoms with Crippen molar-refractivity contribution in [2.45, 2.75) is 52.6 Å². The van der Waals surface area contributed by atoms with Gasteiger partial charge in [-0.2, -0.15) is 5.10 Å². The van der Waals surface area contributed by atoms with Crippen molar-refractivity contribution in [3.63, 3.8) is 0 Å². The fourth-order valence-corrected chi connectivity index (χ4v) is 4.82. The minimum absolute atomic E-state index is 0.0814. The first-order valence-corrected chi connectivity index (χ1v) is 10.1. The van der Waals surface area contributed by atoms with E-state index in [0.717, 1.165) is 36.1 Å². The zero-order chi connectivity index (χ0) is 18.4. The van der Waals surface area contributed by atoms with Crippen LogP contribution in [-0.2, 0) is 6.42 Å². The molecule has 1 atom stereocenters. The predicted molar refractivity (Wildman–Crippen MR) is 105 cm³/mol. The highest BCUT2D eigenvalue weighted by atomic mass is 32.1. The zero-order valence-electron chi connectivity index (χ0n) is 15.7. The van der Waals surface area contributed by atoms with Crippen LogP contribution in [-0.4, -0.2) is 32.1 Å². The van der Waals surface area contributed by atoms with Crippen molar-refractivity contribution < 1.29 is 4.79 Å². The largest absolute Gasteiger partial charge is 0.331 e. The van der Waals surface area contributed by atoms with Gasteiger partial charge in [-0.1, -0.05) is 6.92 Å². The summed E-state index contributed by atoms with van der Waals surface area (Å²) in [6.07, 6.45) is 3.67. The number of nitrogens with zero attached hydrogens (tertiary/aromatic N) is 4. The summed E-state index contributed by atoms with van der Waals surface area (Å²) < 4.78 is 1.91. The van der Waals surface area contributed by atoms with Crippen molar-refractivity contribution >= 4 is 28.3 Å². The fraction of sp³-hybridized carbons (Fsp3) is 0.450. The molecule has 0 aliphatic carbocycles. The Bertz CT molecular complexity index is 972. The van der Waals surface area contributed by atoms with E-state index in [4.69, 9.17) is 4.98 Å². The topological polar surface area (TPSA) is 51.0 Å². The molecule has 0 saturated carbocycles. The van der Waals surface area contributed by atoms with E-state index in [0.29, 0.717) is 5.56 Å². The predicted octanol–water partition coefficient (Wildman–Crippen LogP) is 4.53. The van der Waals surface area contributed by atoms with Crippen LogP contribution in [0.25, 0.3) is 11.0 Å². The maximum Gasteiger partial charge on any atom is 0.256 e. The molecule has 1 amide bonds. The van der Waals surface area contributed by atoms with Crippen LogP contribution in [0.3, 0.4) is 0 Å². The van der Waals surface area contributed by atoms with Gasteiger partial charge < -0.3 is 4.90 Å². The number of aryl methyl sites for hydroxylation is 1. The lowest BCUT2D eigenvalue weighted by Gasteiger charge is -2.35. The number of amides is 1. The molecule has 1 unspecified atom stereocenters. The van der Waals surface area contributed by atoms with Gasteiger partial charge in [0.1, 0.15) is 0 Å². The lowest BCUT2D eigenvalue weighted by atomic mass is 9.96. The number of aromatic nitrogens is 3. The average molecular weight is 369 g/mol. The van der Waals surface area contributed by atoms with Crippen LogP contribution >= 0.6 is 11.3 Å². The van der Waals surface area contributed by atoms with Crippen molar-refractivity contribution in [2.75, 3.05) is 6.54 Å². The lowest BCUT2D eigenvalue weighted by Crippen LogP contribution is -2.39. The number of hydrogen-bond acceptors (Lipinski definition) is 4. The Kier molecular flexibility index (Phi) is 4.31. The van der Waals surface area contributed by atoms with Gasteiger partial charge in [0, 0.05) is 22.8 Å². The zero-order valence-corrected chi connectivity index (χ0v) is 16.5. The molecular formula is C20H24N4OS. The van der Waals surface area contributed by atoms with E-state index in [1.54, 1.807) is 11.3 Å². The SMILES string of the molecule is CCC1c2ccsc2CCN1C(=O)c1cc2cnn(C(C)C)c2nc1C. The number of carbonyl (C=O) groups is 1. The van der Waals surface area contributed by atoms with Crippen molar-refractivity contribution in [2.24, 2.45) is 0 Å². The molecule has 0 radical (unpaired) electrons. The van der Waals surface area contributed by atoms with Crippen LogP contribution in [0.1, 0.15) is 65.8 Å². The molecule has 136 valence electrons. The second-order valence-corrected chi connectivity index (χ2v) is 8.19. The number of hydrogen-bond donors (Lipinski definition) is 0. The van der Waals surface area contributed by atoms with Gasteiger partial charge in [-0.25, -0.2) is 9.67 Å². The highest BCUT2D eigenvalue weighted by molar-refractivity contribution is 7.10. The summed E-state index contributed by atoms with van der Waals surface area (Å²) in [5, 5.41) is 7.50. The van der Waals surface area contributed by atoms with Crippen molar-refractivity contribution in [1.82, 2.24) is 19.7 Å². The number of rotatable bonds is 3. The van der Waals surface area contributed by atoms with E-state index in [-0.39, 0.29) is 18.0 Å². The van der Waals surface area contributed by atoms with Crippen LogP contribution < -0.4 is 0 Å². The third kappa shape index (κ3) is 2.63. The second-order valence-electron chi connectivity index (χ2n) is 7.19. The van der Waals surface area contributed by atoms with E-state index < -0.39 is 0 Å². The van der Waals surface area contributed by atoms with E-state index in [9.17, 15) is 4.79 Å². The molecule has 4 rings (SSSR count). The van der Waals surface area contributed by atoms with E-state index in [1.165, 1.54) is 10.4 Å². The Morgan fingerprint density at radius 3 is 2.96 bits per heavy atom. The van der Waals surface area contributed by atoms with Crippen LogP contribution in [0, 0.1) is 6.92 Å². The smallest absolute Gasteiger partial charge is 0.256 e. The maximum atomic E-state index is 13.4. The molecule has 0 aromatic carbocycles. The number of pyridine rings is 1. The van der Waals surface area contributed by atoms with E-state index in [1.807, 2.05) is 28.8 Å². The molecule has 3 aromatic rings. The summed E-state index contributed by atoms with van der Waals surface area (Å²) in [4.78, 5) is 21.5. The molecule has 0 saturated heterocycles. The molecular weight excluding hydrogens is 344 g/mol. The fourth-order valence-electron chi connectivity index (χ4n) is 3.89. The van der Waals surface area contributed by atoms with Crippen LogP contribution in [0.15, 0.2) is 23.7 Å². The Morgan fingerprint density at radius 2 is 2.23 bits per heavy atom. The first-order chi connectivity index (χ1) is 12.5. The minimum Gasteiger partial charge on any atom is -0.331 e. The first-order valence-electron chi connectivity index (χ1n) is 9.23. The van der Waals surface area contributed by atoms with Gasteiger partial charge in [0.2, 0.25) is 0 Å². The molecule has 0 fully saturated rings. The van der Waals surface area contributed by atoms with Crippen LogP contribution in [0.2, 0.25) is 0 Å². The molecule has 4 heterocycles. The van der Waals surface area contributed by atoms with Gasteiger partial charge in [-0.15, -0.1) is 11.3 Å².